The van der Waals surface area contributed by atoms with Gasteiger partial charge in [0.2, 0.25) is 0 Å². The van der Waals surface area contributed by atoms with Crippen molar-refractivity contribution in [2.45, 2.75) is 0 Å². The van der Waals surface area contributed by atoms with Gasteiger partial charge in [-0.15, -0.1) is 0 Å². The number of hydrogen-bond acceptors (Lipinski definition) is 3. The molecule has 0 saturated carbocycles. The van der Waals surface area contributed by atoms with E-state index in [9.17, 15) is 9.59 Å². The van der Waals surface area contributed by atoms with E-state index in [0.717, 1.165) is 10.0 Å². The van der Waals surface area contributed by atoms with Crippen LogP contribution < -0.4 is 10.7 Å². The van der Waals surface area contributed by atoms with Crippen LogP contribution >= 0.6 is 15.9 Å². The van der Waals surface area contributed by atoms with Gasteiger partial charge in [0.25, 0.3) is 11.8 Å². The summed E-state index contributed by atoms with van der Waals surface area (Å²) in [6, 6.07) is 23.1. The highest BCUT2D eigenvalue weighted by atomic mass is 79.9. The Morgan fingerprint density at radius 2 is 1.59 bits per heavy atom. The average Bonchev–Trinajstić information content (AvgIpc) is 2.69. The third-order valence-corrected chi connectivity index (χ3v) is 4.18. The number of nitrogens with zero attached hydrogens (tertiary/aromatic N) is 1. The van der Waals surface area contributed by atoms with Gasteiger partial charge in [-0.2, -0.15) is 5.10 Å². The van der Waals surface area contributed by atoms with Crippen LogP contribution in [0.5, 0.6) is 0 Å². The lowest BCUT2D eigenvalue weighted by molar-refractivity contribution is 0.0956. The van der Waals surface area contributed by atoms with Gasteiger partial charge in [0.05, 0.1) is 17.5 Å². The maximum atomic E-state index is 12.5. The van der Waals surface area contributed by atoms with Crippen LogP contribution in [0.4, 0.5) is 5.69 Å². The molecule has 134 valence electrons. The number of amides is 2. The smallest absolute Gasteiger partial charge is 0.273 e. The SMILES string of the molecule is O=C(Nc1ccccc1C(=O)N/N=C\c1cccc(Br)c1)c1ccccc1. The minimum absolute atomic E-state index is 0.284. The summed E-state index contributed by atoms with van der Waals surface area (Å²) in [7, 11) is 0. The second-order valence-corrected chi connectivity index (χ2v) is 6.54. The summed E-state index contributed by atoms with van der Waals surface area (Å²) in [4.78, 5) is 24.8. The summed E-state index contributed by atoms with van der Waals surface area (Å²) < 4.78 is 0.923. The fraction of sp³-hybridized carbons (Fsp3) is 0. The lowest BCUT2D eigenvalue weighted by atomic mass is 10.1. The zero-order valence-electron chi connectivity index (χ0n) is 14.2. The summed E-state index contributed by atoms with van der Waals surface area (Å²) in [6.07, 6.45) is 1.55. The lowest BCUT2D eigenvalue weighted by Crippen LogP contribution is -2.21. The van der Waals surface area contributed by atoms with E-state index in [4.69, 9.17) is 0 Å². The van der Waals surface area contributed by atoms with Crippen molar-refractivity contribution in [3.8, 4) is 0 Å². The van der Waals surface area contributed by atoms with E-state index in [1.165, 1.54) is 0 Å². The molecule has 5 nitrogen and oxygen atoms in total. The Hall–Kier alpha value is -3.25. The van der Waals surface area contributed by atoms with Gasteiger partial charge in [-0.05, 0) is 42.0 Å². The number of hydrazone groups is 1. The van der Waals surface area contributed by atoms with Gasteiger partial charge in [0.1, 0.15) is 0 Å². The van der Waals surface area contributed by atoms with Crippen LogP contribution in [0.1, 0.15) is 26.3 Å². The van der Waals surface area contributed by atoms with Crippen molar-refractivity contribution >= 4 is 39.6 Å². The third-order valence-electron chi connectivity index (χ3n) is 3.68. The van der Waals surface area contributed by atoms with Crippen molar-refractivity contribution in [2.24, 2.45) is 5.10 Å². The van der Waals surface area contributed by atoms with E-state index in [0.29, 0.717) is 16.8 Å². The quantitative estimate of drug-likeness (QED) is 0.471. The van der Waals surface area contributed by atoms with Crippen LogP contribution in [0.2, 0.25) is 0 Å². The largest absolute Gasteiger partial charge is 0.321 e. The van der Waals surface area contributed by atoms with E-state index in [-0.39, 0.29) is 5.91 Å². The molecular weight excluding hydrogens is 406 g/mol. The second-order valence-electron chi connectivity index (χ2n) is 5.62. The highest BCUT2D eigenvalue weighted by Crippen LogP contribution is 2.16. The first-order valence-electron chi connectivity index (χ1n) is 8.18. The second kappa shape index (κ2) is 8.91. The Morgan fingerprint density at radius 1 is 0.852 bits per heavy atom. The monoisotopic (exact) mass is 421 g/mol. The van der Waals surface area contributed by atoms with Gasteiger partial charge in [-0.25, -0.2) is 5.43 Å². The van der Waals surface area contributed by atoms with Gasteiger partial charge in [-0.1, -0.05) is 58.4 Å². The molecule has 2 amide bonds. The van der Waals surface area contributed by atoms with E-state index < -0.39 is 5.91 Å². The van der Waals surface area contributed by atoms with Crippen LogP contribution in [-0.4, -0.2) is 18.0 Å². The van der Waals surface area contributed by atoms with Crippen LogP contribution in [0.3, 0.4) is 0 Å². The van der Waals surface area contributed by atoms with Gasteiger partial charge in [0.15, 0.2) is 0 Å². The molecule has 27 heavy (non-hydrogen) atoms. The van der Waals surface area contributed by atoms with E-state index in [1.54, 1.807) is 54.7 Å². The molecule has 2 N–H and O–H groups in total. The molecule has 0 bridgehead atoms. The predicted octanol–water partition coefficient (Wildman–Crippen LogP) is 4.47. The summed E-state index contributed by atoms with van der Waals surface area (Å²) >= 11 is 3.38. The van der Waals surface area contributed by atoms with Gasteiger partial charge < -0.3 is 5.32 Å². The van der Waals surface area contributed by atoms with Crippen LogP contribution in [0, 0.1) is 0 Å². The molecular formula is C21H16BrN3O2. The number of rotatable bonds is 5. The standard InChI is InChI=1S/C21H16BrN3O2/c22-17-10-6-7-15(13-17)14-23-25-21(27)18-11-4-5-12-19(18)24-20(26)16-8-2-1-3-9-16/h1-14H,(H,24,26)(H,25,27)/b23-14-. The molecule has 3 aromatic carbocycles. The number of benzene rings is 3. The minimum Gasteiger partial charge on any atom is -0.321 e. The van der Waals surface area contributed by atoms with Crippen LogP contribution in [0.15, 0.2) is 88.4 Å². The number of halogens is 1. The van der Waals surface area contributed by atoms with Crippen molar-refractivity contribution in [1.82, 2.24) is 5.43 Å². The number of carbonyl (C=O) groups is 2. The van der Waals surface area contributed by atoms with Crippen molar-refractivity contribution in [1.29, 1.82) is 0 Å². The van der Waals surface area contributed by atoms with E-state index in [2.05, 4.69) is 31.8 Å². The maximum absolute atomic E-state index is 12.5. The topological polar surface area (TPSA) is 70.6 Å². The maximum Gasteiger partial charge on any atom is 0.273 e. The zero-order chi connectivity index (χ0) is 19.1. The Balaban J connectivity index is 1.71. The number of nitrogens with one attached hydrogen (secondary N) is 2. The fourth-order valence-electron chi connectivity index (χ4n) is 2.39. The fourth-order valence-corrected chi connectivity index (χ4v) is 2.80. The van der Waals surface area contributed by atoms with Crippen molar-refractivity contribution in [3.63, 3.8) is 0 Å². The van der Waals surface area contributed by atoms with E-state index >= 15 is 0 Å². The summed E-state index contributed by atoms with van der Waals surface area (Å²) in [5, 5.41) is 6.74. The Kier molecular flexibility index (Phi) is 6.12. The molecule has 0 atom stereocenters. The zero-order valence-corrected chi connectivity index (χ0v) is 15.8. The number of hydrogen-bond donors (Lipinski definition) is 2. The molecule has 0 aliphatic heterocycles. The number of para-hydroxylation sites is 1. The number of carbonyl (C=O) groups excluding carboxylic acids is 2. The van der Waals surface area contributed by atoms with Gasteiger partial charge in [0, 0.05) is 10.0 Å². The highest BCUT2D eigenvalue weighted by Gasteiger charge is 2.13. The summed E-state index contributed by atoms with van der Waals surface area (Å²) in [5.41, 5.74) is 4.59. The first-order valence-corrected chi connectivity index (χ1v) is 8.97. The first-order chi connectivity index (χ1) is 13.1. The number of anilines is 1. The minimum atomic E-state index is -0.412. The Morgan fingerprint density at radius 3 is 2.37 bits per heavy atom. The Labute approximate surface area is 165 Å². The first kappa shape index (κ1) is 18.5. The van der Waals surface area contributed by atoms with Gasteiger partial charge in [-0.3, -0.25) is 9.59 Å². The molecule has 3 aromatic rings. The average molecular weight is 422 g/mol. The normalized spacial score (nSPS) is 10.6. The third kappa shape index (κ3) is 5.12. The molecule has 0 spiro atoms. The Bertz CT molecular complexity index is 987. The molecule has 0 heterocycles. The molecule has 0 fully saturated rings. The summed E-state index contributed by atoms with van der Waals surface area (Å²) in [6.45, 7) is 0. The molecule has 0 aliphatic rings. The van der Waals surface area contributed by atoms with Gasteiger partial charge >= 0.3 is 0 Å². The van der Waals surface area contributed by atoms with Crippen molar-refractivity contribution in [3.05, 3.63) is 100 Å². The molecule has 0 aliphatic carbocycles. The molecule has 0 unspecified atom stereocenters. The van der Waals surface area contributed by atoms with Crippen LogP contribution in [0.25, 0.3) is 0 Å². The molecule has 0 radical (unpaired) electrons. The molecule has 3 rings (SSSR count). The van der Waals surface area contributed by atoms with Crippen molar-refractivity contribution in [2.75, 3.05) is 5.32 Å². The summed E-state index contributed by atoms with van der Waals surface area (Å²) in [5.74, 6) is -0.696. The predicted molar refractivity (Wildman–Crippen MR) is 110 cm³/mol. The molecule has 0 saturated heterocycles. The van der Waals surface area contributed by atoms with Crippen molar-refractivity contribution < 1.29 is 9.59 Å². The molecule has 0 aromatic heterocycles. The van der Waals surface area contributed by atoms with E-state index in [1.807, 2.05) is 30.3 Å². The molecule has 6 heteroatoms. The highest BCUT2D eigenvalue weighted by molar-refractivity contribution is 9.10. The van der Waals surface area contributed by atoms with Crippen LogP contribution in [-0.2, 0) is 0 Å². The lowest BCUT2D eigenvalue weighted by Gasteiger charge is -2.10.